The van der Waals surface area contributed by atoms with Crippen molar-refractivity contribution in [3.05, 3.63) is 52.5 Å². The van der Waals surface area contributed by atoms with E-state index in [9.17, 15) is 0 Å². The zero-order valence-electron chi connectivity index (χ0n) is 13.7. The number of guanidine groups is 1. The summed E-state index contributed by atoms with van der Waals surface area (Å²) < 4.78 is 0. The summed E-state index contributed by atoms with van der Waals surface area (Å²) in [5.74, 6) is 0.975. The van der Waals surface area contributed by atoms with E-state index in [0.717, 1.165) is 38.4 Å². The normalized spacial score (nSPS) is 11.0. The van der Waals surface area contributed by atoms with Crippen LogP contribution in [0.3, 0.4) is 0 Å². The standard InChI is InChI=1S/C17H24N4S.HI/c1-3-19-17(20-11-8-15-6-4-10-18-14-15)21(2)12-9-16-7-5-13-22-16;/h4-7,10,13-14H,3,8-9,11-12H2,1-2H3,(H,19,20);1H. The quantitative estimate of drug-likeness (QED) is 0.404. The molecule has 2 rings (SSSR count). The summed E-state index contributed by atoms with van der Waals surface area (Å²) in [4.78, 5) is 12.5. The molecule has 0 spiro atoms. The predicted octanol–water partition coefficient (Wildman–Crippen LogP) is 3.44. The van der Waals surface area contributed by atoms with Gasteiger partial charge in [-0.3, -0.25) is 9.98 Å². The van der Waals surface area contributed by atoms with Crippen LogP contribution in [0.25, 0.3) is 0 Å². The van der Waals surface area contributed by atoms with Crippen LogP contribution in [0.4, 0.5) is 0 Å². The van der Waals surface area contributed by atoms with Crippen molar-refractivity contribution in [3.8, 4) is 0 Å². The largest absolute Gasteiger partial charge is 0.357 e. The van der Waals surface area contributed by atoms with Crippen LogP contribution in [-0.4, -0.2) is 42.5 Å². The van der Waals surface area contributed by atoms with E-state index in [1.54, 1.807) is 6.20 Å². The van der Waals surface area contributed by atoms with E-state index in [1.807, 2.05) is 23.6 Å². The van der Waals surface area contributed by atoms with Crippen LogP contribution in [0.2, 0.25) is 0 Å². The summed E-state index contributed by atoms with van der Waals surface area (Å²) in [6.45, 7) is 4.73. The number of thiophene rings is 1. The van der Waals surface area contributed by atoms with Gasteiger partial charge in [0.15, 0.2) is 5.96 Å². The smallest absolute Gasteiger partial charge is 0.193 e. The Hall–Kier alpha value is -1.15. The Bertz CT molecular complexity index is 557. The van der Waals surface area contributed by atoms with Gasteiger partial charge in [0.25, 0.3) is 0 Å². The van der Waals surface area contributed by atoms with Crippen LogP contribution in [0.5, 0.6) is 0 Å². The first-order valence-electron chi connectivity index (χ1n) is 7.70. The van der Waals surface area contributed by atoms with Crippen molar-refractivity contribution in [1.82, 2.24) is 15.2 Å². The highest BCUT2D eigenvalue weighted by atomic mass is 127. The van der Waals surface area contributed by atoms with Gasteiger partial charge in [0, 0.05) is 44.0 Å². The van der Waals surface area contributed by atoms with Crippen LogP contribution in [0.15, 0.2) is 47.0 Å². The molecule has 0 bridgehead atoms. The highest BCUT2D eigenvalue weighted by Gasteiger charge is 2.06. The Kier molecular flexibility index (Phi) is 9.86. The molecule has 2 aromatic rings. The van der Waals surface area contributed by atoms with Crippen LogP contribution in [0, 0.1) is 0 Å². The van der Waals surface area contributed by atoms with Crippen LogP contribution >= 0.6 is 35.3 Å². The van der Waals surface area contributed by atoms with E-state index in [1.165, 1.54) is 10.4 Å². The second-order valence-electron chi connectivity index (χ2n) is 5.10. The van der Waals surface area contributed by atoms with E-state index in [4.69, 9.17) is 4.99 Å². The van der Waals surface area contributed by atoms with Gasteiger partial charge >= 0.3 is 0 Å². The number of nitrogens with zero attached hydrogens (tertiary/aromatic N) is 3. The van der Waals surface area contributed by atoms with Crippen LogP contribution in [0.1, 0.15) is 17.4 Å². The molecule has 0 saturated carbocycles. The zero-order valence-corrected chi connectivity index (χ0v) is 16.9. The lowest BCUT2D eigenvalue weighted by Crippen LogP contribution is -2.40. The number of nitrogens with one attached hydrogen (secondary N) is 1. The Balaban J connectivity index is 0.00000264. The van der Waals surface area contributed by atoms with Gasteiger partial charge in [-0.05, 0) is 42.8 Å². The minimum absolute atomic E-state index is 0. The molecule has 4 nitrogen and oxygen atoms in total. The van der Waals surface area contributed by atoms with Gasteiger partial charge in [0.1, 0.15) is 0 Å². The lowest BCUT2D eigenvalue weighted by Gasteiger charge is -2.21. The van der Waals surface area contributed by atoms with Gasteiger partial charge < -0.3 is 10.2 Å². The molecule has 0 aliphatic carbocycles. The Morgan fingerprint density at radius 1 is 1.30 bits per heavy atom. The Labute approximate surface area is 160 Å². The molecular weight excluding hydrogens is 419 g/mol. The maximum Gasteiger partial charge on any atom is 0.193 e. The van der Waals surface area contributed by atoms with Gasteiger partial charge in [-0.25, -0.2) is 0 Å². The van der Waals surface area contributed by atoms with Crippen molar-refractivity contribution >= 4 is 41.3 Å². The SMILES string of the molecule is CCNC(=NCCc1cccnc1)N(C)CCc1cccs1.I. The number of pyridine rings is 1. The molecule has 1 N–H and O–H groups in total. The fourth-order valence-electron chi connectivity index (χ4n) is 2.15. The second-order valence-corrected chi connectivity index (χ2v) is 6.13. The molecule has 6 heteroatoms. The molecular formula is C17H25IN4S. The fraction of sp³-hybridized carbons (Fsp3) is 0.412. The summed E-state index contributed by atoms with van der Waals surface area (Å²) >= 11 is 1.81. The first-order chi connectivity index (χ1) is 10.8. The molecule has 0 saturated heterocycles. The number of rotatable bonds is 7. The van der Waals surface area contributed by atoms with Crippen LogP contribution < -0.4 is 5.32 Å². The van der Waals surface area contributed by atoms with E-state index >= 15 is 0 Å². The molecule has 0 aliphatic rings. The van der Waals surface area contributed by atoms with Crippen molar-refractivity contribution < 1.29 is 0 Å². The van der Waals surface area contributed by atoms with Crippen LogP contribution in [-0.2, 0) is 12.8 Å². The topological polar surface area (TPSA) is 40.5 Å². The summed E-state index contributed by atoms with van der Waals surface area (Å²) in [5.41, 5.74) is 1.23. The molecule has 0 aromatic carbocycles. The molecule has 2 heterocycles. The molecule has 0 unspecified atom stereocenters. The van der Waals surface area contributed by atoms with E-state index in [2.05, 4.69) is 52.8 Å². The van der Waals surface area contributed by atoms with Crippen molar-refractivity contribution in [2.45, 2.75) is 19.8 Å². The first kappa shape index (κ1) is 19.9. The highest BCUT2D eigenvalue weighted by molar-refractivity contribution is 14.0. The minimum atomic E-state index is 0. The average molecular weight is 444 g/mol. The lowest BCUT2D eigenvalue weighted by molar-refractivity contribution is 0.487. The number of aromatic nitrogens is 1. The van der Waals surface area contributed by atoms with Crippen molar-refractivity contribution in [2.75, 3.05) is 26.7 Å². The van der Waals surface area contributed by atoms with Crippen molar-refractivity contribution in [3.63, 3.8) is 0 Å². The second kappa shape index (κ2) is 11.4. The first-order valence-corrected chi connectivity index (χ1v) is 8.58. The van der Waals surface area contributed by atoms with Gasteiger partial charge in [0.2, 0.25) is 0 Å². The molecule has 23 heavy (non-hydrogen) atoms. The molecule has 0 amide bonds. The van der Waals surface area contributed by atoms with E-state index < -0.39 is 0 Å². The molecule has 0 fully saturated rings. The third-order valence-corrected chi connectivity index (χ3v) is 4.29. The Morgan fingerprint density at radius 3 is 2.83 bits per heavy atom. The number of halogens is 1. The molecule has 0 radical (unpaired) electrons. The van der Waals surface area contributed by atoms with Gasteiger partial charge in [-0.1, -0.05) is 12.1 Å². The number of likely N-dealkylation sites (N-methyl/N-ethyl adjacent to an activating group) is 1. The molecule has 126 valence electrons. The predicted molar refractivity (Wildman–Crippen MR) is 110 cm³/mol. The monoisotopic (exact) mass is 444 g/mol. The number of hydrogen-bond acceptors (Lipinski definition) is 3. The van der Waals surface area contributed by atoms with E-state index in [-0.39, 0.29) is 24.0 Å². The van der Waals surface area contributed by atoms with Crippen molar-refractivity contribution in [1.29, 1.82) is 0 Å². The van der Waals surface area contributed by atoms with E-state index in [0.29, 0.717) is 0 Å². The maximum absolute atomic E-state index is 4.72. The average Bonchev–Trinajstić information content (AvgIpc) is 3.06. The lowest BCUT2D eigenvalue weighted by atomic mass is 10.2. The molecule has 0 aliphatic heterocycles. The van der Waals surface area contributed by atoms with Gasteiger partial charge in [-0.2, -0.15) is 0 Å². The summed E-state index contributed by atoms with van der Waals surface area (Å²) in [6.07, 6.45) is 5.68. The van der Waals surface area contributed by atoms with Gasteiger partial charge in [-0.15, -0.1) is 35.3 Å². The zero-order chi connectivity index (χ0) is 15.6. The summed E-state index contributed by atoms with van der Waals surface area (Å²) in [6, 6.07) is 8.35. The third kappa shape index (κ3) is 7.30. The fourth-order valence-corrected chi connectivity index (χ4v) is 2.84. The minimum Gasteiger partial charge on any atom is -0.357 e. The van der Waals surface area contributed by atoms with Gasteiger partial charge in [0.05, 0.1) is 0 Å². The third-order valence-electron chi connectivity index (χ3n) is 3.36. The van der Waals surface area contributed by atoms with Crippen molar-refractivity contribution in [2.24, 2.45) is 4.99 Å². The molecule has 0 atom stereocenters. The molecule has 2 aromatic heterocycles. The summed E-state index contributed by atoms with van der Waals surface area (Å²) in [5, 5.41) is 5.49. The maximum atomic E-state index is 4.72. The summed E-state index contributed by atoms with van der Waals surface area (Å²) in [7, 11) is 2.10. The number of hydrogen-bond donors (Lipinski definition) is 1. The number of aliphatic imine (C=N–C) groups is 1. The highest BCUT2D eigenvalue weighted by Crippen LogP contribution is 2.09. The Morgan fingerprint density at radius 2 is 2.17 bits per heavy atom.